The van der Waals surface area contributed by atoms with Gasteiger partial charge in [-0.25, -0.2) is 4.57 Å². The third-order valence-corrected chi connectivity index (χ3v) is 18.7. The van der Waals surface area contributed by atoms with Gasteiger partial charge in [-0.3, -0.25) is 18.6 Å². The number of phosphoric ester groups is 1. The summed E-state index contributed by atoms with van der Waals surface area (Å²) in [4.78, 5) is 35.5. The fourth-order valence-electron chi connectivity index (χ4n) is 11.6. The standard InChI is InChI=1S/C89H154NO8P/c1-3-5-7-9-11-13-15-17-19-21-23-25-27-29-31-33-35-37-39-41-43-45-47-49-51-53-55-57-59-61-63-65-67-69-71-73-75-77-79-81-88(91)95-85-87(86-97-99(93,94)96-84-83-90)98-89(92)82-80-78-76-74-72-70-68-66-64-62-60-58-56-54-52-50-48-46-44-42-40-38-36-34-32-30-28-26-24-22-20-18-16-14-12-10-8-6-4-2/h6,8,12,14-15,17-18,20-21,23-24,26-27,29-30,32,36,38,42,44,48,50,54,56,87H,3-5,7,9-11,13,16,19,22,25,28,31,33-35,37,39-41,43,45-47,49,51-53,55,57-86,90H2,1-2H3,(H,93,94)/b8-6-,14-12-,17-15-,20-18-,23-21-,26-24-,29-27-,32-30-,38-36-,44-42-,50-48-,56-54-. The summed E-state index contributed by atoms with van der Waals surface area (Å²) in [6.45, 7) is 3.65. The zero-order valence-corrected chi connectivity index (χ0v) is 65.1. The van der Waals surface area contributed by atoms with E-state index in [1.54, 1.807) is 0 Å². The minimum absolute atomic E-state index is 0.0489. The fraction of sp³-hybridized carbons (Fsp3) is 0.708. The highest BCUT2D eigenvalue weighted by Crippen LogP contribution is 2.43. The summed E-state index contributed by atoms with van der Waals surface area (Å²) in [5, 5.41) is 0. The molecule has 0 amide bonds. The molecule has 0 aromatic heterocycles. The van der Waals surface area contributed by atoms with Gasteiger partial charge < -0.3 is 20.1 Å². The zero-order valence-electron chi connectivity index (χ0n) is 64.2. The van der Waals surface area contributed by atoms with Gasteiger partial charge in [-0.05, 0) is 122 Å². The van der Waals surface area contributed by atoms with Crippen LogP contribution in [0.2, 0.25) is 0 Å². The molecule has 0 aliphatic carbocycles. The highest BCUT2D eigenvalue weighted by molar-refractivity contribution is 7.47. The molecule has 99 heavy (non-hydrogen) atoms. The molecule has 0 aliphatic rings. The van der Waals surface area contributed by atoms with Gasteiger partial charge in [0.1, 0.15) is 6.61 Å². The van der Waals surface area contributed by atoms with E-state index in [4.69, 9.17) is 24.3 Å². The zero-order chi connectivity index (χ0) is 71.5. The summed E-state index contributed by atoms with van der Waals surface area (Å²) in [5.41, 5.74) is 5.42. The SMILES string of the molecule is CC/C=C\C/C=C\C/C=C\C/C=C\C/C=C\C/C=C\C/C=C\C/C=C\C/C=C\CCCCCCCCCCCCCC(=O)OC(COC(=O)CCCCCCCCCCCCCCCCCCCCCCCCCC/C=C\C/C=C\C/C=C\CCCCCCC)COP(=O)(O)OCCN. The number of hydrogen-bond donors (Lipinski definition) is 2. The van der Waals surface area contributed by atoms with Crippen LogP contribution in [-0.2, 0) is 32.7 Å². The van der Waals surface area contributed by atoms with Gasteiger partial charge in [0.2, 0.25) is 0 Å². The lowest BCUT2D eigenvalue weighted by molar-refractivity contribution is -0.161. The van der Waals surface area contributed by atoms with Crippen LogP contribution in [0.3, 0.4) is 0 Å². The molecule has 0 aromatic rings. The Morgan fingerprint density at radius 2 is 0.556 bits per heavy atom. The van der Waals surface area contributed by atoms with E-state index >= 15 is 0 Å². The molecule has 0 bridgehead atoms. The lowest BCUT2D eigenvalue weighted by atomic mass is 10.0. The molecule has 3 N–H and O–H groups in total. The molecule has 10 heteroatoms. The number of unbranched alkanes of at least 4 members (excludes halogenated alkanes) is 40. The van der Waals surface area contributed by atoms with Gasteiger partial charge in [0.15, 0.2) is 6.10 Å². The van der Waals surface area contributed by atoms with Crippen molar-refractivity contribution in [1.82, 2.24) is 0 Å². The van der Waals surface area contributed by atoms with Crippen molar-refractivity contribution in [1.29, 1.82) is 0 Å². The first kappa shape index (κ1) is 94.9. The van der Waals surface area contributed by atoms with Crippen LogP contribution < -0.4 is 5.73 Å². The predicted octanol–water partition coefficient (Wildman–Crippen LogP) is 28.1. The largest absolute Gasteiger partial charge is 0.472 e. The van der Waals surface area contributed by atoms with Crippen molar-refractivity contribution < 1.29 is 37.6 Å². The van der Waals surface area contributed by atoms with E-state index in [1.165, 1.54) is 225 Å². The molecule has 568 valence electrons. The summed E-state index contributed by atoms with van der Waals surface area (Å²) in [6.07, 6.45) is 120. The van der Waals surface area contributed by atoms with Gasteiger partial charge in [0.25, 0.3) is 0 Å². The van der Waals surface area contributed by atoms with Crippen molar-refractivity contribution in [3.8, 4) is 0 Å². The number of hydrogen-bond acceptors (Lipinski definition) is 8. The fourth-order valence-corrected chi connectivity index (χ4v) is 12.4. The average Bonchev–Trinajstić information content (AvgIpc) is 1.35. The van der Waals surface area contributed by atoms with Crippen molar-refractivity contribution in [2.45, 2.75) is 380 Å². The number of carbonyl (C=O) groups excluding carboxylic acids is 2. The van der Waals surface area contributed by atoms with Crippen LogP contribution in [0.1, 0.15) is 373 Å². The number of esters is 2. The number of phosphoric acid groups is 1. The monoisotopic (exact) mass is 1400 g/mol. The molecule has 2 atom stereocenters. The summed E-state index contributed by atoms with van der Waals surface area (Å²) < 4.78 is 33.3. The lowest BCUT2D eigenvalue weighted by Crippen LogP contribution is -2.29. The minimum atomic E-state index is -4.41. The molecule has 9 nitrogen and oxygen atoms in total. The van der Waals surface area contributed by atoms with Gasteiger partial charge >= 0.3 is 19.8 Å². The number of rotatable bonds is 77. The molecule has 0 radical (unpaired) electrons. The van der Waals surface area contributed by atoms with E-state index in [1.807, 2.05) is 0 Å². The summed E-state index contributed by atoms with van der Waals surface area (Å²) in [6, 6.07) is 0. The highest BCUT2D eigenvalue weighted by atomic mass is 31.2. The van der Waals surface area contributed by atoms with Gasteiger partial charge in [-0.2, -0.15) is 0 Å². The first-order valence-electron chi connectivity index (χ1n) is 41.3. The van der Waals surface area contributed by atoms with Gasteiger partial charge in [0, 0.05) is 19.4 Å². The molecular weight excluding hydrogens is 1240 g/mol. The van der Waals surface area contributed by atoms with Crippen LogP contribution in [-0.4, -0.2) is 49.3 Å². The van der Waals surface area contributed by atoms with Gasteiger partial charge in [0.05, 0.1) is 13.2 Å². The van der Waals surface area contributed by atoms with Crippen LogP contribution in [0.5, 0.6) is 0 Å². The Balaban J connectivity index is 3.83. The van der Waals surface area contributed by atoms with Gasteiger partial charge in [-0.1, -0.05) is 384 Å². The molecule has 0 rings (SSSR count). The van der Waals surface area contributed by atoms with E-state index < -0.39 is 26.5 Å². The maximum Gasteiger partial charge on any atom is 0.472 e. The van der Waals surface area contributed by atoms with E-state index in [0.717, 1.165) is 116 Å². The Kier molecular flexibility index (Phi) is 79.4. The maximum atomic E-state index is 12.8. The Morgan fingerprint density at radius 3 is 0.828 bits per heavy atom. The quantitative estimate of drug-likeness (QED) is 0.0264. The van der Waals surface area contributed by atoms with E-state index in [-0.39, 0.29) is 38.6 Å². The van der Waals surface area contributed by atoms with Crippen LogP contribution in [0, 0.1) is 0 Å². The molecule has 2 unspecified atom stereocenters. The normalized spacial score (nSPS) is 13.6. The van der Waals surface area contributed by atoms with Crippen molar-refractivity contribution in [3.05, 3.63) is 146 Å². The van der Waals surface area contributed by atoms with E-state index in [9.17, 15) is 19.0 Å². The number of allylic oxidation sites excluding steroid dienone is 24. The molecular formula is C89H154NO8P. The molecule has 0 saturated carbocycles. The molecule has 0 spiro atoms. The van der Waals surface area contributed by atoms with Crippen LogP contribution in [0.25, 0.3) is 0 Å². The molecule has 0 heterocycles. The van der Waals surface area contributed by atoms with Crippen LogP contribution in [0.4, 0.5) is 0 Å². The number of carbonyl (C=O) groups is 2. The Hall–Kier alpha value is -4.11. The molecule has 0 fully saturated rings. The van der Waals surface area contributed by atoms with Crippen molar-refractivity contribution >= 4 is 19.8 Å². The Morgan fingerprint density at radius 1 is 0.313 bits per heavy atom. The van der Waals surface area contributed by atoms with Crippen molar-refractivity contribution in [3.63, 3.8) is 0 Å². The minimum Gasteiger partial charge on any atom is -0.462 e. The number of ether oxygens (including phenoxy) is 2. The van der Waals surface area contributed by atoms with E-state index in [2.05, 4.69) is 160 Å². The van der Waals surface area contributed by atoms with Gasteiger partial charge in [-0.15, -0.1) is 0 Å². The summed E-state index contributed by atoms with van der Waals surface area (Å²) >= 11 is 0. The van der Waals surface area contributed by atoms with Crippen LogP contribution >= 0.6 is 7.82 Å². The van der Waals surface area contributed by atoms with Crippen molar-refractivity contribution in [2.75, 3.05) is 26.4 Å². The summed E-state index contributed by atoms with van der Waals surface area (Å²) in [7, 11) is -4.41. The summed E-state index contributed by atoms with van der Waals surface area (Å²) in [5.74, 6) is -0.823. The predicted molar refractivity (Wildman–Crippen MR) is 431 cm³/mol. The second-order valence-electron chi connectivity index (χ2n) is 27.3. The van der Waals surface area contributed by atoms with E-state index in [0.29, 0.717) is 6.42 Å². The lowest BCUT2D eigenvalue weighted by Gasteiger charge is -2.19. The molecule has 0 aromatic carbocycles. The smallest absolute Gasteiger partial charge is 0.462 e. The molecule has 0 saturated heterocycles. The maximum absolute atomic E-state index is 12.8. The Labute approximate surface area is 611 Å². The highest BCUT2D eigenvalue weighted by Gasteiger charge is 2.26. The Bertz CT molecular complexity index is 2150. The second-order valence-corrected chi connectivity index (χ2v) is 28.7. The first-order chi connectivity index (χ1) is 48.8. The second kappa shape index (κ2) is 82.8. The third kappa shape index (κ3) is 82.7. The van der Waals surface area contributed by atoms with Crippen LogP contribution in [0.15, 0.2) is 146 Å². The third-order valence-electron chi connectivity index (χ3n) is 17.7. The number of nitrogens with two attached hydrogens (primary N) is 1. The van der Waals surface area contributed by atoms with Crippen molar-refractivity contribution in [2.24, 2.45) is 5.73 Å². The topological polar surface area (TPSA) is 134 Å². The molecule has 0 aliphatic heterocycles. The average molecular weight is 1400 g/mol. The first-order valence-corrected chi connectivity index (χ1v) is 42.8.